The first-order chi connectivity index (χ1) is 20.4. The van der Waals surface area contributed by atoms with Gasteiger partial charge in [-0.05, 0) is 89.4 Å². The van der Waals surface area contributed by atoms with Gasteiger partial charge in [-0.2, -0.15) is 0 Å². The van der Waals surface area contributed by atoms with E-state index in [-0.39, 0.29) is 10.8 Å². The summed E-state index contributed by atoms with van der Waals surface area (Å²) in [5.74, 6) is 2.98. The molecule has 43 heavy (non-hydrogen) atoms. The molecule has 0 amide bonds. The molecule has 2 aromatic carbocycles. The van der Waals surface area contributed by atoms with Gasteiger partial charge in [-0.3, -0.25) is 0 Å². The average molecular weight is 602 g/mol. The predicted molar refractivity (Wildman–Crippen MR) is 178 cm³/mol. The van der Waals surface area contributed by atoms with E-state index >= 15 is 0 Å². The topological polar surface area (TPSA) is 40.2 Å². The van der Waals surface area contributed by atoms with Gasteiger partial charge in [0, 0.05) is 40.4 Å². The smallest absolute Gasteiger partial charge is 0.162 e. The molecular formula is C37H44ClNO4. The first-order valence-electron chi connectivity index (χ1n) is 14.9. The molecule has 2 aromatic rings. The molecule has 0 N–H and O–H groups in total. The standard InChI is InChI=1S/C37H44ClNO4/c1-22-25-18-30(40-7)31(41-8)19-27(25)36(2,3)26(22)16-14-23-12-11-13-24(35(23)38)15-17-34-37(4,5)28-20-32(42-9)33(43-10)21-29(28)39(34)6/h14-21H,11-13H2,1-10H3/b16-14+,24-15?,34-17-. The Hall–Kier alpha value is -3.57. The van der Waals surface area contributed by atoms with Crippen LogP contribution in [0.2, 0.25) is 0 Å². The largest absolute Gasteiger partial charge is 0.493 e. The van der Waals surface area contributed by atoms with E-state index in [1.807, 2.05) is 0 Å². The Balaban J connectivity index is 1.47. The number of fused-ring (bicyclic) bond motifs is 2. The van der Waals surface area contributed by atoms with Crippen molar-refractivity contribution < 1.29 is 18.9 Å². The zero-order valence-electron chi connectivity index (χ0n) is 27.2. The maximum atomic E-state index is 7.11. The van der Waals surface area contributed by atoms with Gasteiger partial charge in [0.05, 0.1) is 28.4 Å². The van der Waals surface area contributed by atoms with Crippen molar-refractivity contribution in [2.24, 2.45) is 0 Å². The molecule has 1 aliphatic heterocycles. The fraction of sp³-hybridized carbons (Fsp3) is 0.405. The molecule has 228 valence electrons. The Kier molecular flexibility index (Phi) is 8.26. The fourth-order valence-electron chi connectivity index (χ4n) is 7.02. The monoisotopic (exact) mass is 601 g/mol. The Morgan fingerprint density at radius 1 is 0.744 bits per heavy atom. The summed E-state index contributed by atoms with van der Waals surface area (Å²) in [4.78, 5) is 2.24. The third-order valence-corrected chi connectivity index (χ3v) is 10.1. The minimum Gasteiger partial charge on any atom is -0.493 e. The molecule has 5 nitrogen and oxygen atoms in total. The SMILES string of the molecule is COc1cc2c(cc1OC)C(C)(C)C(/C=C/C1=C(Cl)C(=C/C=C3\N(C)c4cc(OC)c(OC)cc4C3(C)C)CCC1)=C2C. The summed E-state index contributed by atoms with van der Waals surface area (Å²) < 4.78 is 22.4. The van der Waals surface area contributed by atoms with Crippen molar-refractivity contribution in [2.45, 2.75) is 64.7 Å². The summed E-state index contributed by atoms with van der Waals surface area (Å²) in [6, 6.07) is 8.37. The van der Waals surface area contributed by atoms with Gasteiger partial charge < -0.3 is 23.8 Å². The Morgan fingerprint density at radius 2 is 1.33 bits per heavy atom. The number of hydrogen-bond donors (Lipinski definition) is 0. The molecular weight excluding hydrogens is 558 g/mol. The van der Waals surface area contributed by atoms with E-state index in [2.05, 4.69) is 95.1 Å². The average Bonchev–Trinajstić information content (AvgIpc) is 3.30. The molecule has 5 rings (SSSR count). The molecule has 0 bridgehead atoms. The molecule has 0 unspecified atom stereocenters. The van der Waals surface area contributed by atoms with Crippen LogP contribution in [0, 0.1) is 0 Å². The second-order valence-corrected chi connectivity index (χ2v) is 13.0. The number of ether oxygens (including phenoxy) is 4. The lowest BCUT2D eigenvalue weighted by Crippen LogP contribution is -2.22. The predicted octanol–water partition coefficient (Wildman–Crippen LogP) is 9.26. The van der Waals surface area contributed by atoms with E-state index in [9.17, 15) is 0 Å². The minimum atomic E-state index is -0.202. The van der Waals surface area contributed by atoms with Crippen LogP contribution >= 0.6 is 11.6 Å². The van der Waals surface area contributed by atoms with Gasteiger partial charge in [-0.25, -0.2) is 0 Å². The molecule has 2 aliphatic carbocycles. The summed E-state index contributed by atoms with van der Waals surface area (Å²) in [6.07, 6.45) is 11.9. The third-order valence-electron chi connectivity index (χ3n) is 9.57. The Bertz CT molecular complexity index is 1620. The third kappa shape index (κ3) is 5.06. The second-order valence-electron chi connectivity index (χ2n) is 12.6. The highest BCUT2D eigenvalue weighted by Gasteiger charge is 2.40. The lowest BCUT2D eigenvalue weighted by molar-refractivity contribution is 0.354. The zero-order chi connectivity index (χ0) is 31.3. The maximum absolute atomic E-state index is 7.11. The van der Waals surface area contributed by atoms with Gasteiger partial charge in [-0.1, -0.05) is 57.5 Å². The van der Waals surface area contributed by atoms with Crippen LogP contribution in [0.4, 0.5) is 5.69 Å². The van der Waals surface area contributed by atoms with E-state index in [0.717, 1.165) is 53.0 Å². The van der Waals surface area contributed by atoms with Crippen LogP contribution in [0.15, 0.2) is 76.0 Å². The lowest BCUT2D eigenvalue weighted by atomic mass is 9.80. The highest BCUT2D eigenvalue weighted by atomic mass is 35.5. The van der Waals surface area contributed by atoms with Crippen molar-refractivity contribution in [2.75, 3.05) is 40.4 Å². The Morgan fingerprint density at radius 3 is 1.95 bits per heavy atom. The van der Waals surface area contributed by atoms with Crippen molar-refractivity contribution in [3.63, 3.8) is 0 Å². The van der Waals surface area contributed by atoms with Crippen molar-refractivity contribution in [1.29, 1.82) is 0 Å². The number of halogens is 1. The highest BCUT2D eigenvalue weighted by Crippen LogP contribution is 2.52. The van der Waals surface area contributed by atoms with Crippen LogP contribution in [0.1, 0.15) is 70.6 Å². The molecule has 0 spiro atoms. The summed E-state index contributed by atoms with van der Waals surface area (Å²) >= 11 is 7.11. The number of benzene rings is 2. The van der Waals surface area contributed by atoms with Gasteiger partial charge >= 0.3 is 0 Å². The minimum absolute atomic E-state index is 0.167. The van der Waals surface area contributed by atoms with Gasteiger partial charge in [0.1, 0.15) is 0 Å². The zero-order valence-corrected chi connectivity index (χ0v) is 28.0. The van der Waals surface area contributed by atoms with E-state index < -0.39 is 0 Å². The molecule has 6 heteroatoms. The summed E-state index contributed by atoms with van der Waals surface area (Å²) in [5.41, 5.74) is 10.5. The van der Waals surface area contributed by atoms with Crippen LogP contribution in [-0.2, 0) is 10.8 Å². The van der Waals surface area contributed by atoms with Crippen LogP contribution in [0.5, 0.6) is 23.0 Å². The summed E-state index contributed by atoms with van der Waals surface area (Å²) in [5, 5.41) is 0.855. The normalized spacial score (nSPS) is 20.8. The van der Waals surface area contributed by atoms with Gasteiger partial charge in [0.2, 0.25) is 0 Å². The molecule has 1 heterocycles. The molecule has 0 radical (unpaired) electrons. The molecule has 0 aromatic heterocycles. The van der Waals surface area contributed by atoms with E-state index in [4.69, 9.17) is 30.5 Å². The van der Waals surface area contributed by atoms with Crippen molar-refractivity contribution in [1.82, 2.24) is 0 Å². The molecule has 0 saturated carbocycles. The van der Waals surface area contributed by atoms with Crippen LogP contribution in [0.25, 0.3) is 5.57 Å². The number of rotatable bonds is 7. The number of allylic oxidation sites excluding steroid dienone is 10. The summed E-state index contributed by atoms with van der Waals surface area (Å²) in [7, 11) is 8.83. The van der Waals surface area contributed by atoms with E-state index in [1.54, 1.807) is 28.4 Å². The number of anilines is 1. The van der Waals surface area contributed by atoms with Gasteiger partial charge in [0.15, 0.2) is 23.0 Å². The Labute approximate surface area is 262 Å². The first kappa shape index (κ1) is 30.9. The summed E-state index contributed by atoms with van der Waals surface area (Å²) in [6.45, 7) is 11.2. The van der Waals surface area contributed by atoms with E-state index in [1.165, 1.54) is 44.7 Å². The maximum Gasteiger partial charge on any atom is 0.162 e. The van der Waals surface area contributed by atoms with Crippen molar-refractivity contribution in [3.8, 4) is 23.0 Å². The molecule has 0 atom stereocenters. The van der Waals surface area contributed by atoms with Crippen LogP contribution in [-0.4, -0.2) is 35.5 Å². The molecule has 0 fully saturated rings. The number of likely N-dealkylation sites (N-methyl/N-ethyl adjacent to an activating group) is 1. The number of nitrogens with zero attached hydrogens (tertiary/aromatic N) is 1. The van der Waals surface area contributed by atoms with Crippen molar-refractivity contribution >= 4 is 22.9 Å². The number of hydrogen-bond acceptors (Lipinski definition) is 5. The molecule has 3 aliphatic rings. The van der Waals surface area contributed by atoms with Gasteiger partial charge in [-0.15, -0.1) is 0 Å². The van der Waals surface area contributed by atoms with Crippen molar-refractivity contribution in [3.05, 3.63) is 92.7 Å². The first-order valence-corrected chi connectivity index (χ1v) is 15.2. The fourth-order valence-corrected chi connectivity index (χ4v) is 7.34. The second kappa shape index (κ2) is 11.5. The van der Waals surface area contributed by atoms with Crippen LogP contribution in [0.3, 0.4) is 0 Å². The van der Waals surface area contributed by atoms with E-state index in [0.29, 0.717) is 0 Å². The van der Waals surface area contributed by atoms with Crippen LogP contribution < -0.4 is 23.8 Å². The van der Waals surface area contributed by atoms with Gasteiger partial charge in [0.25, 0.3) is 0 Å². The lowest BCUT2D eigenvalue weighted by Gasteiger charge is -2.25. The quantitative estimate of drug-likeness (QED) is 0.316. The molecule has 0 saturated heterocycles. The highest BCUT2D eigenvalue weighted by molar-refractivity contribution is 6.32. The number of methoxy groups -OCH3 is 4.